The summed E-state index contributed by atoms with van der Waals surface area (Å²) >= 11 is 0. The van der Waals surface area contributed by atoms with Crippen LogP contribution in [0.25, 0.3) is 11.0 Å². The van der Waals surface area contributed by atoms with Gasteiger partial charge in [-0.2, -0.15) is 4.98 Å². The average molecular weight is 788 g/mol. The SMILES string of the molecule is CN(C)C(=O)c1cc2cnc(Nc3ccc(N4CCC(N5CCC(N6CCN(c7ccc(C8CCC(=O)NC8=O)cc7)CC6)CC5)CC4)cn3)nc2n1C1CCCC1. The second-order valence-corrected chi connectivity index (χ2v) is 17.1. The summed E-state index contributed by atoms with van der Waals surface area (Å²) in [5, 5.41) is 6.67. The molecule has 58 heavy (non-hydrogen) atoms. The first-order chi connectivity index (χ1) is 28.3. The first kappa shape index (κ1) is 38.4. The molecule has 5 fully saturated rings. The normalized spacial score (nSPS) is 22.1. The molecule has 7 heterocycles. The number of benzene rings is 1. The number of rotatable bonds is 9. The van der Waals surface area contributed by atoms with Crippen LogP contribution in [0, 0.1) is 0 Å². The number of carbonyl (C=O) groups excluding carboxylic acids is 3. The minimum Gasteiger partial charge on any atom is -0.370 e. The van der Waals surface area contributed by atoms with Crippen molar-refractivity contribution in [1.82, 2.24) is 39.5 Å². The van der Waals surface area contributed by atoms with E-state index >= 15 is 0 Å². The highest BCUT2D eigenvalue weighted by Gasteiger charge is 2.33. The van der Waals surface area contributed by atoms with Gasteiger partial charge in [0.15, 0.2) is 0 Å². The Kier molecular flexibility index (Phi) is 11.0. The largest absolute Gasteiger partial charge is 0.370 e. The molecule has 1 aliphatic carbocycles. The standard InChI is InChI=1S/C44H57N11O3/c1-50(2)43(58)38-27-31-28-46-44(49-41(31)55(38)35-5-3-4-6-35)47-39-13-11-36(29-45-39)52-21-17-33(18-22-52)51-19-15-34(16-20-51)54-25-23-53(24-26-54)32-9-7-30(8-10-32)37-12-14-40(56)48-42(37)57/h7-11,13,27-29,33-35,37H,3-6,12,14-26H2,1-2H3,(H,48,56,57)(H,45,46,47,49). The van der Waals surface area contributed by atoms with E-state index in [1.807, 2.05) is 18.3 Å². The fraction of sp³-hybridized carbons (Fsp3) is 0.545. The van der Waals surface area contributed by atoms with Gasteiger partial charge in [-0.1, -0.05) is 25.0 Å². The Hall–Kier alpha value is -5.08. The Balaban J connectivity index is 0.729. The fourth-order valence-corrected chi connectivity index (χ4v) is 10.1. The number of piperidine rings is 3. The highest BCUT2D eigenvalue weighted by Crippen LogP contribution is 2.35. The van der Waals surface area contributed by atoms with E-state index in [0.717, 1.165) is 74.4 Å². The van der Waals surface area contributed by atoms with Gasteiger partial charge in [0.1, 0.15) is 17.2 Å². The molecule has 3 aromatic heterocycles. The number of nitrogens with zero attached hydrogens (tertiary/aromatic N) is 9. The Morgan fingerprint density at radius 2 is 1.38 bits per heavy atom. The molecular weight excluding hydrogens is 731 g/mol. The summed E-state index contributed by atoms with van der Waals surface area (Å²) in [6.45, 7) is 8.60. The van der Waals surface area contributed by atoms with Gasteiger partial charge >= 0.3 is 0 Å². The van der Waals surface area contributed by atoms with Crippen molar-refractivity contribution in [3.8, 4) is 0 Å². The predicted molar refractivity (Wildman–Crippen MR) is 226 cm³/mol. The molecule has 4 aromatic rings. The molecule has 4 saturated heterocycles. The number of fused-ring (bicyclic) bond motifs is 1. The van der Waals surface area contributed by atoms with Crippen LogP contribution in [0.5, 0.6) is 0 Å². The molecule has 1 atom stereocenters. The minimum absolute atomic E-state index is 0.0114. The number of amides is 3. The first-order valence-electron chi connectivity index (χ1n) is 21.5. The van der Waals surface area contributed by atoms with Crippen LogP contribution < -0.4 is 20.4 Å². The predicted octanol–water partition coefficient (Wildman–Crippen LogP) is 5.16. The Morgan fingerprint density at radius 1 is 0.724 bits per heavy atom. The van der Waals surface area contributed by atoms with Gasteiger partial charge in [0.25, 0.3) is 5.91 Å². The van der Waals surface area contributed by atoms with Crippen molar-refractivity contribution in [2.45, 2.75) is 88.3 Å². The number of carbonyl (C=O) groups is 3. The molecule has 1 unspecified atom stereocenters. The van der Waals surface area contributed by atoms with Gasteiger partial charge in [0, 0.05) is 95.2 Å². The molecule has 0 radical (unpaired) electrons. The van der Waals surface area contributed by atoms with Crippen LogP contribution in [0.15, 0.2) is 54.9 Å². The lowest BCUT2D eigenvalue weighted by Gasteiger charge is -2.46. The van der Waals surface area contributed by atoms with Gasteiger partial charge in [-0.15, -0.1) is 0 Å². The molecule has 4 aliphatic heterocycles. The molecule has 1 saturated carbocycles. The van der Waals surface area contributed by atoms with E-state index in [1.165, 1.54) is 57.3 Å². The van der Waals surface area contributed by atoms with E-state index in [9.17, 15) is 14.4 Å². The maximum Gasteiger partial charge on any atom is 0.270 e. The highest BCUT2D eigenvalue weighted by atomic mass is 16.2. The van der Waals surface area contributed by atoms with Crippen LogP contribution in [0.2, 0.25) is 0 Å². The van der Waals surface area contributed by atoms with Crippen molar-refractivity contribution >= 4 is 51.9 Å². The maximum atomic E-state index is 13.1. The summed E-state index contributed by atoms with van der Waals surface area (Å²) in [7, 11) is 3.59. The lowest BCUT2D eigenvalue weighted by molar-refractivity contribution is -0.134. The Bertz CT molecular complexity index is 2090. The smallest absolute Gasteiger partial charge is 0.270 e. The second-order valence-electron chi connectivity index (χ2n) is 17.1. The van der Waals surface area contributed by atoms with Crippen LogP contribution in [-0.4, -0.2) is 130 Å². The molecule has 0 spiro atoms. The number of pyridine rings is 1. The van der Waals surface area contributed by atoms with Gasteiger partial charge in [-0.25, -0.2) is 9.97 Å². The number of imide groups is 1. The van der Waals surface area contributed by atoms with Gasteiger partial charge in [-0.05, 0) is 93.9 Å². The summed E-state index contributed by atoms with van der Waals surface area (Å²) in [6, 6.07) is 16.1. The number of likely N-dealkylation sites (tertiary alicyclic amines) is 1. The van der Waals surface area contributed by atoms with Crippen LogP contribution in [0.3, 0.4) is 0 Å². The van der Waals surface area contributed by atoms with E-state index < -0.39 is 0 Å². The van der Waals surface area contributed by atoms with Crippen molar-refractivity contribution in [3.05, 3.63) is 66.1 Å². The Labute approximate surface area is 341 Å². The van der Waals surface area contributed by atoms with Crippen LogP contribution >= 0.6 is 0 Å². The molecule has 2 N–H and O–H groups in total. The van der Waals surface area contributed by atoms with Gasteiger partial charge in [0.05, 0.1) is 17.8 Å². The van der Waals surface area contributed by atoms with Gasteiger partial charge in [-0.3, -0.25) is 24.6 Å². The van der Waals surface area contributed by atoms with Crippen molar-refractivity contribution < 1.29 is 14.4 Å². The molecule has 3 amide bonds. The molecule has 9 rings (SSSR count). The monoisotopic (exact) mass is 787 g/mol. The molecule has 14 nitrogen and oxygen atoms in total. The number of piperazine rings is 1. The molecule has 5 aliphatic rings. The van der Waals surface area contributed by atoms with Crippen LogP contribution in [0.1, 0.15) is 92.2 Å². The second kappa shape index (κ2) is 16.6. The fourth-order valence-electron chi connectivity index (χ4n) is 10.1. The van der Waals surface area contributed by atoms with Crippen molar-refractivity contribution in [1.29, 1.82) is 0 Å². The maximum absolute atomic E-state index is 13.1. The number of hydrogen-bond donors (Lipinski definition) is 2. The summed E-state index contributed by atoms with van der Waals surface area (Å²) in [5.74, 6) is 0.594. The number of anilines is 4. The van der Waals surface area contributed by atoms with Crippen LogP contribution in [-0.2, 0) is 9.59 Å². The minimum atomic E-state index is -0.233. The number of hydrogen-bond acceptors (Lipinski definition) is 11. The summed E-state index contributed by atoms with van der Waals surface area (Å²) in [4.78, 5) is 63.2. The van der Waals surface area contributed by atoms with E-state index in [2.05, 4.69) is 70.1 Å². The number of aromatic nitrogens is 4. The first-order valence-corrected chi connectivity index (χ1v) is 21.5. The zero-order valence-electron chi connectivity index (χ0n) is 34.0. The third kappa shape index (κ3) is 8.00. The molecule has 306 valence electrons. The van der Waals surface area contributed by atoms with Gasteiger partial charge in [0.2, 0.25) is 17.8 Å². The summed E-state index contributed by atoms with van der Waals surface area (Å²) in [5.41, 5.74) is 4.82. The van der Waals surface area contributed by atoms with E-state index in [1.54, 1.807) is 25.2 Å². The number of nitrogens with one attached hydrogen (secondary N) is 2. The van der Waals surface area contributed by atoms with E-state index in [-0.39, 0.29) is 29.7 Å². The highest BCUT2D eigenvalue weighted by molar-refractivity contribution is 6.01. The van der Waals surface area contributed by atoms with Crippen LogP contribution in [0.4, 0.5) is 23.1 Å². The summed E-state index contributed by atoms with van der Waals surface area (Å²) < 4.78 is 2.14. The third-order valence-electron chi connectivity index (χ3n) is 13.5. The summed E-state index contributed by atoms with van der Waals surface area (Å²) in [6.07, 6.45) is 14.0. The van der Waals surface area contributed by atoms with E-state index in [4.69, 9.17) is 9.97 Å². The zero-order valence-corrected chi connectivity index (χ0v) is 34.0. The molecular formula is C44H57N11O3. The molecule has 14 heteroatoms. The van der Waals surface area contributed by atoms with Crippen molar-refractivity contribution in [3.63, 3.8) is 0 Å². The lowest BCUT2D eigenvalue weighted by Crippen LogP contribution is -2.55. The van der Waals surface area contributed by atoms with Gasteiger partial charge < -0.3 is 29.5 Å². The average Bonchev–Trinajstić information content (AvgIpc) is 3.92. The lowest BCUT2D eigenvalue weighted by atomic mass is 9.90. The van der Waals surface area contributed by atoms with Crippen molar-refractivity contribution in [2.75, 3.05) is 81.6 Å². The Morgan fingerprint density at radius 3 is 2.03 bits per heavy atom. The zero-order chi connectivity index (χ0) is 39.8. The van der Waals surface area contributed by atoms with E-state index in [0.29, 0.717) is 42.4 Å². The molecule has 0 bridgehead atoms. The third-order valence-corrected chi connectivity index (χ3v) is 13.5. The molecule has 1 aromatic carbocycles. The quantitative estimate of drug-likeness (QED) is 0.218. The topological polar surface area (TPSA) is 135 Å². The van der Waals surface area contributed by atoms with Crippen molar-refractivity contribution in [2.24, 2.45) is 0 Å².